The maximum atomic E-state index is 12.7. The van der Waals surface area contributed by atoms with Crippen LogP contribution in [0.25, 0.3) is 27.9 Å². The molecule has 2 aromatic carbocycles. The van der Waals surface area contributed by atoms with E-state index < -0.39 is 0 Å². The molecule has 0 N–H and O–H groups in total. The fraction of sp³-hybridized carbons (Fsp3) is 0. The van der Waals surface area contributed by atoms with Crippen molar-refractivity contribution in [3.63, 3.8) is 0 Å². The molecule has 1 aliphatic rings. The number of pyridine rings is 1. The Labute approximate surface area is 132 Å². The predicted molar refractivity (Wildman–Crippen MR) is 87.3 cm³/mol. The molecule has 5 rings (SSSR count). The molecule has 4 nitrogen and oxygen atoms in total. The zero-order chi connectivity index (χ0) is 15.4. The molecular formula is C19H11N3O. The van der Waals surface area contributed by atoms with Crippen molar-refractivity contribution in [3.05, 3.63) is 78.2 Å². The van der Waals surface area contributed by atoms with Crippen LogP contribution in [-0.2, 0) is 0 Å². The average Bonchev–Trinajstić information content (AvgIpc) is 3.19. The van der Waals surface area contributed by atoms with E-state index in [1.807, 2.05) is 65.2 Å². The second-order valence-corrected chi connectivity index (χ2v) is 5.62. The first-order valence-corrected chi connectivity index (χ1v) is 7.40. The number of rotatable bonds is 1. The molecule has 0 saturated carbocycles. The molecule has 108 valence electrons. The Kier molecular flexibility index (Phi) is 2.33. The van der Waals surface area contributed by atoms with Gasteiger partial charge in [0.2, 0.25) is 0 Å². The minimum absolute atomic E-state index is 0.0888. The van der Waals surface area contributed by atoms with Gasteiger partial charge in [0.15, 0.2) is 11.4 Å². The molecule has 23 heavy (non-hydrogen) atoms. The normalized spacial score (nSPS) is 12.4. The molecule has 0 amide bonds. The molecule has 0 spiro atoms. The van der Waals surface area contributed by atoms with Gasteiger partial charge in [-0.25, -0.2) is 0 Å². The Morgan fingerprint density at radius 3 is 2.48 bits per heavy atom. The van der Waals surface area contributed by atoms with E-state index in [1.165, 1.54) is 0 Å². The number of carbonyl (C=O) groups excluding carboxylic acids is 1. The van der Waals surface area contributed by atoms with Gasteiger partial charge in [-0.1, -0.05) is 36.4 Å². The molecule has 0 radical (unpaired) electrons. The van der Waals surface area contributed by atoms with Crippen molar-refractivity contribution in [2.24, 2.45) is 0 Å². The largest absolute Gasteiger partial charge is 0.289 e. The Balaban J connectivity index is 1.75. The lowest BCUT2D eigenvalue weighted by Crippen LogP contribution is -1.95. The second-order valence-electron chi connectivity index (χ2n) is 5.62. The number of benzene rings is 2. The Morgan fingerprint density at radius 2 is 1.57 bits per heavy atom. The van der Waals surface area contributed by atoms with Crippen LogP contribution in [0.15, 0.2) is 67.1 Å². The van der Waals surface area contributed by atoms with Crippen molar-refractivity contribution in [1.82, 2.24) is 14.6 Å². The molecule has 2 aromatic heterocycles. The van der Waals surface area contributed by atoms with E-state index in [0.29, 0.717) is 0 Å². The van der Waals surface area contributed by atoms with Gasteiger partial charge in [-0.05, 0) is 34.9 Å². The standard InChI is InChI=1S/C19H11N3O/c23-18-16-5-2-1-4-14(16)15-8-7-12(10-17(15)18)13-6-3-9-22-11-20-21-19(13)22/h1-11H. The summed E-state index contributed by atoms with van der Waals surface area (Å²) in [6.07, 6.45) is 3.58. The molecule has 2 heterocycles. The van der Waals surface area contributed by atoms with Crippen molar-refractivity contribution in [2.75, 3.05) is 0 Å². The van der Waals surface area contributed by atoms with Crippen LogP contribution in [0.2, 0.25) is 0 Å². The number of ketones is 1. The van der Waals surface area contributed by atoms with Crippen LogP contribution >= 0.6 is 0 Å². The first-order chi connectivity index (χ1) is 11.3. The molecule has 0 atom stereocenters. The van der Waals surface area contributed by atoms with Crippen LogP contribution in [0.5, 0.6) is 0 Å². The second kappa shape index (κ2) is 4.36. The van der Waals surface area contributed by atoms with Gasteiger partial charge in [-0.3, -0.25) is 9.20 Å². The fourth-order valence-electron chi connectivity index (χ4n) is 3.27. The highest BCUT2D eigenvalue weighted by Crippen LogP contribution is 2.38. The summed E-state index contributed by atoms with van der Waals surface area (Å²) in [7, 11) is 0. The van der Waals surface area contributed by atoms with Crippen LogP contribution in [0.1, 0.15) is 15.9 Å². The van der Waals surface area contributed by atoms with Crippen molar-refractivity contribution in [1.29, 1.82) is 0 Å². The molecule has 4 aromatic rings. The minimum atomic E-state index is 0.0888. The summed E-state index contributed by atoms with van der Waals surface area (Å²) >= 11 is 0. The van der Waals surface area contributed by atoms with Gasteiger partial charge in [0, 0.05) is 22.9 Å². The van der Waals surface area contributed by atoms with Gasteiger partial charge in [0.25, 0.3) is 0 Å². The molecule has 0 aliphatic heterocycles. The highest BCUT2D eigenvalue weighted by Gasteiger charge is 2.26. The van der Waals surface area contributed by atoms with E-state index in [4.69, 9.17) is 0 Å². The first-order valence-electron chi connectivity index (χ1n) is 7.40. The highest BCUT2D eigenvalue weighted by molar-refractivity contribution is 6.22. The summed E-state index contributed by atoms with van der Waals surface area (Å²) in [5, 5.41) is 8.13. The summed E-state index contributed by atoms with van der Waals surface area (Å²) in [4.78, 5) is 12.7. The average molecular weight is 297 g/mol. The maximum Gasteiger partial charge on any atom is 0.194 e. The van der Waals surface area contributed by atoms with Crippen molar-refractivity contribution in [2.45, 2.75) is 0 Å². The Morgan fingerprint density at radius 1 is 0.783 bits per heavy atom. The smallest absolute Gasteiger partial charge is 0.194 e. The third-order valence-corrected chi connectivity index (χ3v) is 4.36. The van der Waals surface area contributed by atoms with Gasteiger partial charge in [0.1, 0.15) is 6.33 Å². The summed E-state index contributed by atoms with van der Waals surface area (Å²) < 4.78 is 1.87. The van der Waals surface area contributed by atoms with Crippen molar-refractivity contribution in [3.8, 4) is 22.3 Å². The van der Waals surface area contributed by atoms with Gasteiger partial charge >= 0.3 is 0 Å². The third kappa shape index (κ3) is 1.63. The number of carbonyl (C=O) groups is 1. The summed E-state index contributed by atoms with van der Waals surface area (Å²) in [6, 6.07) is 17.7. The van der Waals surface area contributed by atoms with Gasteiger partial charge in [0.05, 0.1) is 0 Å². The van der Waals surface area contributed by atoms with Crippen LogP contribution in [0.3, 0.4) is 0 Å². The SMILES string of the molecule is O=C1c2ccccc2-c2ccc(-c3cccn4cnnc34)cc21. The van der Waals surface area contributed by atoms with Crippen LogP contribution in [0.4, 0.5) is 0 Å². The minimum Gasteiger partial charge on any atom is -0.289 e. The van der Waals surface area contributed by atoms with Gasteiger partial charge < -0.3 is 0 Å². The van der Waals surface area contributed by atoms with E-state index >= 15 is 0 Å². The summed E-state index contributed by atoms with van der Waals surface area (Å²) in [5.41, 5.74) is 6.28. The number of hydrogen-bond acceptors (Lipinski definition) is 3. The van der Waals surface area contributed by atoms with Crippen molar-refractivity contribution < 1.29 is 4.79 Å². The lowest BCUT2D eigenvalue weighted by molar-refractivity contribution is 0.104. The third-order valence-electron chi connectivity index (χ3n) is 4.36. The molecule has 0 saturated heterocycles. The van der Waals surface area contributed by atoms with Crippen molar-refractivity contribution >= 4 is 11.4 Å². The van der Waals surface area contributed by atoms with E-state index in [0.717, 1.165) is 39.0 Å². The van der Waals surface area contributed by atoms with Crippen LogP contribution in [0, 0.1) is 0 Å². The topological polar surface area (TPSA) is 47.3 Å². The summed E-state index contributed by atoms with van der Waals surface area (Å²) in [5.74, 6) is 0.0888. The Bertz CT molecular complexity index is 1090. The number of hydrogen-bond donors (Lipinski definition) is 0. The monoisotopic (exact) mass is 297 g/mol. The lowest BCUT2D eigenvalue weighted by atomic mass is 9.99. The molecule has 0 unspecified atom stereocenters. The zero-order valence-corrected chi connectivity index (χ0v) is 12.1. The number of fused-ring (bicyclic) bond motifs is 4. The zero-order valence-electron chi connectivity index (χ0n) is 12.1. The lowest BCUT2D eigenvalue weighted by Gasteiger charge is -2.06. The van der Waals surface area contributed by atoms with E-state index in [9.17, 15) is 4.79 Å². The van der Waals surface area contributed by atoms with Crippen LogP contribution < -0.4 is 0 Å². The van der Waals surface area contributed by atoms with Crippen LogP contribution in [-0.4, -0.2) is 20.4 Å². The number of nitrogens with zero attached hydrogens (tertiary/aromatic N) is 3. The number of aromatic nitrogens is 3. The molecule has 0 fully saturated rings. The molecule has 1 aliphatic carbocycles. The van der Waals surface area contributed by atoms with E-state index in [-0.39, 0.29) is 5.78 Å². The first kappa shape index (κ1) is 12.3. The van der Waals surface area contributed by atoms with E-state index in [1.54, 1.807) is 6.33 Å². The molecular weight excluding hydrogens is 286 g/mol. The van der Waals surface area contributed by atoms with E-state index in [2.05, 4.69) is 10.2 Å². The van der Waals surface area contributed by atoms with Gasteiger partial charge in [-0.2, -0.15) is 0 Å². The fourth-order valence-corrected chi connectivity index (χ4v) is 3.27. The molecule has 0 bridgehead atoms. The van der Waals surface area contributed by atoms with Gasteiger partial charge in [-0.15, -0.1) is 10.2 Å². The Hall–Kier alpha value is -3.27. The molecule has 4 heteroatoms. The quantitative estimate of drug-likeness (QED) is 0.475. The predicted octanol–water partition coefficient (Wildman–Crippen LogP) is 3.61. The highest BCUT2D eigenvalue weighted by atomic mass is 16.1. The maximum absolute atomic E-state index is 12.7. The summed E-state index contributed by atoms with van der Waals surface area (Å²) in [6.45, 7) is 0.